The molecular weight excluding hydrogens is 232 g/mol. The van der Waals surface area contributed by atoms with E-state index in [4.69, 9.17) is 5.84 Å². The third-order valence-electron chi connectivity index (χ3n) is 6.55. The molecular formula is C17H32N2. The molecule has 0 aromatic carbocycles. The second kappa shape index (κ2) is 4.73. The van der Waals surface area contributed by atoms with Crippen molar-refractivity contribution in [1.82, 2.24) is 5.43 Å². The fourth-order valence-corrected chi connectivity index (χ4v) is 6.73. The molecule has 19 heavy (non-hydrogen) atoms. The predicted molar refractivity (Wildman–Crippen MR) is 80.4 cm³/mol. The maximum Gasteiger partial charge on any atom is 0.0292 e. The van der Waals surface area contributed by atoms with Gasteiger partial charge in [0.05, 0.1) is 0 Å². The van der Waals surface area contributed by atoms with Gasteiger partial charge in [-0.3, -0.25) is 11.3 Å². The summed E-state index contributed by atoms with van der Waals surface area (Å²) in [5, 5.41) is 0. The number of hydrazine groups is 1. The van der Waals surface area contributed by atoms with Gasteiger partial charge in [0, 0.05) is 6.04 Å². The van der Waals surface area contributed by atoms with Gasteiger partial charge >= 0.3 is 0 Å². The summed E-state index contributed by atoms with van der Waals surface area (Å²) in [6.07, 6.45) is 11.4. The van der Waals surface area contributed by atoms with E-state index in [1.165, 1.54) is 51.4 Å². The summed E-state index contributed by atoms with van der Waals surface area (Å²) >= 11 is 0. The Kier molecular flexibility index (Phi) is 3.46. The van der Waals surface area contributed by atoms with Crippen molar-refractivity contribution in [3.05, 3.63) is 0 Å². The Morgan fingerprint density at radius 2 is 1.84 bits per heavy atom. The summed E-state index contributed by atoms with van der Waals surface area (Å²) in [4.78, 5) is 0. The average molecular weight is 264 g/mol. The highest BCUT2D eigenvalue weighted by molar-refractivity contribution is 5.10. The van der Waals surface area contributed by atoms with E-state index in [2.05, 4.69) is 26.2 Å². The van der Waals surface area contributed by atoms with Gasteiger partial charge in [-0.1, -0.05) is 27.2 Å². The molecule has 4 atom stereocenters. The normalized spacial score (nSPS) is 47.4. The Hall–Kier alpha value is -0.0800. The summed E-state index contributed by atoms with van der Waals surface area (Å²) in [6.45, 7) is 7.26. The fraction of sp³-hybridized carbons (Fsp3) is 1.00. The van der Waals surface area contributed by atoms with Gasteiger partial charge in [-0.15, -0.1) is 0 Å². The van der Waals surface area contributed by atoms with Gasteiger partial charge in [-0.05, 0) is 73.5 Å². The maximum atomic E-state index is 6.02. The topological polar surface area (TPSA) is 38.0 Å². The molecule has 4 bridgehead atoms. The van der Waals surface area contributed by atoms with Crippen LogP contribution in [0, 0.1) is 28.6 Å². The minimum atomic E-state index is 0.516. The lowest BCUT2D eigenvalue weighted by Crippen LogP contribution is -2.61. The van der Waals surface area contributed by atoms with Gasteiger partial charge in [-0.2, -0.15) is 0 Å². The van der Waals surface area contributed by atoms with Crippen LogP contribution in [-0.2, 0) is 0 Å². The first-order chi connectivity index (χ1) is 9.00. The second-order valence-electron chi connectivity index (χ2n) is 8.54. The summed E-state index contributed by atoms with van der Waals surface area (Å²) in [7, 11) is 0. The Bertz CT molecular complexity index is 324. The molecule has 0 amide bonds. The zero-order valence-corrected chi connectivity index (χ0v) is 13.0. The van der Waals surface area contributed by atoms with E-state index in [9.17, 15) is 0 Å². The summed E-state index contributed by atoms with van der Waals surface area (Å²) in [5.74, 6) is 8.73. The van der Waals surface area contributed by atoms with Crippen LogP contribution in [-0.4, -0.2) is 6.04 Å². The molecule has 110 valence electrons. The lowest BCUT2D eigenvalue weighted by atomic mass is 9.42. The highest BCUT2D eigenvalue weighted by atomic mass is 15.2. The minimum absolute atomic E-state index is 0.516. The van der Waals surface area contributed by atoms with Crippen LogP contribution in [0.1, 0.15) is 72.1 Å². The minimum Gasteiger partial charge on any atom is -0.271 e. The Morgan fingerprint density at radius 3 is 2.32 bits per heavy atom. The zero-order valence-electron chi connectivity index (χ0n) is 13.0. The van der Waals surface area contributed by atoms with Gasteiger partial charge in [0.25, 0.3) is 0 Å². The highest BCUT2D eigenvalue weighted by Gasteiger charge is 2.58. The molecule has 4 rings (SSSR count). The van der Waals surface area contributed by atoms with Gasteiger partial charge < -0.3 is 0 Å². The van der Waals surface area contributed by atoms with Crippen LogP contribution in [0.5, 0.6) is 0 Å². The van der Waals surface area contributed by atoms with Crippen LogP contribution in [0.3, 0.4) is 0 Å². The molecule has 0 aromatic rings. The summed E-state index contributed by atoms with van der Waals surface area (Å²) < 4.78 is 0. The summed E-state index contributed by atoms with van der Waals surface area (Å²) in [5.41, 5.74) is 4.41. The number of rotatable bonds is 5. The molecule has 4 fully saturated rings. The molecule has 0 aliphatic heterocycles. The molecule has 0 heterocycles. The number of nitrogens with one attached hydrogen (secondary N) is 1. The number of hydrogen-bond acceptors (Lipinski definition) is 2. The van der Waals surface area contributed by atoms with Crippen LogP contribution in [0.4, 0.5) is 0 Å². The smallest absolute Gasteiger partial charge is 0.0292 e. The van der Waals surface area contributed by atoms with Gasteiger partial charge in [0.1, 0.15) is 0 Å². The fourth-order valence-electron chi connectivity index (χ4n) is 6.73. The molecule has 4 saturated carbocycles. The van der Waals surface area contributed by atoms with Crippen molar-refractivity contribution in [2.75, 3.05) is 0 Å². The van der Waals surface area contributed by atoms with Crippen LogP contribution in [0.2, 0.25) is 0 Å². The molecule has 2 heteroatoms. The molecule has 4 unspecified atom stereocenters. The van der Waals surface area contributed by atoms with Crippen LogP contribution >= 0.6 is 0 Å². The number of nitrogens with two attached hydrogens (primary N) is 1. The predicted octanol–water partition coefficient (Wildman–Crippen LogP) is 3.86. The van der Waals surface area contributed by atoms with E-state index in [1.807, 2.05) is 0 Å². The van der Waals surface area contributed by atoms with Crippen LogP contribution in [0.25, 0.3) is 0 Å². The largest absolute Gasteiger partial charge is 0.271 e. The average Bonchev–Trinajstić information content (AvgIpc) is 2.25. The van der Waals surface area contributed by atoms with E-state index >= 15 is 0 Å². The van der Waals surface area contributed by atoms with E-state index in [0.717, 1.165) is 17.8 Å². The van der Waals surface area contributed by atoms with Crippen molar-refractivity contribution in [2.45, 2.75) is 78.2 Å². The van der Waals surface area contributed by atoms with Crippen molar-refractivity contribution in [3.8, 4) is 0 Å². The molecule has 0 aromatic heterocycles. The maximum absolute atomic E-state index is 6.02. The first-order valence-corrected chi connectivity index (χ1v) is 8.46. The monoisotopic (exact) mass is 264 g/mol. The van der Waals surface area contributed by atoms with E-state index in [0.29, 0.717) is 16.9 Å². The van der Waals surface area contributed by atoms with Crippen molar-refractivity contribution in [3.63, 3.8) is 0 Å². The van der Waals surface area contributed by atoms with Crippen molar-refractivity contribution in [1.29, 1.82) is 0 Å². The first-order valence-electron chi connectivity index (χ1n) is 8.46. The molecule has 4 aliphatic carbocycles. The van der Waals surface area contributed by atoms with Crippen LogP contribution in [0.15, 0.2) is 0 Å². The van der Waals surface area contributed by atoms with Gasteiger partial charge in [0.15, 0.2) is 0 Å². The van der Waals surface area contributed by atoms with Gasteiger partial charge in [-0.25, -0.2) is 0 Å². The molecule has 3 N–H and O–H groups in total. The van der Waals surface area contributed by atoms with E-state index in [-0.39, 0.29) is 0 Å². The third-order valence-corrected chi connectivity index (χ3v) is 6.55. The Balaban J connectivity index is 1.85. The zero-order chi connectivity index (χ0) is 13.7. The lowest BCUT2D eigenvalue weighted by Gasteiger charge is -2.64. The molecule has 0 spiro atoms. The molecule has 0 radical (unpaired) electrons. The highest BCUT2D eigenvalue weighted by Crippen LogP contribution is 2.66. The number of hydrogen-bond donors (Lipinski definition) is 2. The van der Waals surface area contributed by atoms with Gasteiger partial charge in [0.2, 0.25) is 0 Å². The van der Waals surface area contributed by atoms with E-state index < -0.39 is 0 Å². The SMILES string of the molecule is CCCC(C)C(NN)C12CC3CC(CC(C)(C3)C1)C2. The Morgan fingerprint density at radius 1 is 1.21 bits per heavy atom. The third kappa shape index (κ3) is 2.25. The second-order valence-corrected chi connectivity index (χ2v) is 8.54. The lowest BCUT2D eigenvalue weighted by molar-refractivity contribution is -0.125. The molecule has 0 saturated heterocycles. The Labute approximate surface area is 118 Å². The van der Waals surface area contributed by atoms with Crippen molar-refractivity contribution >= 4 is 0 Å². The quantitative estimate of drug-likeness (QED) is 0.584. The first kappa shape index (κ1) is 13.9. The van der Waals surface area contributed by atoms with Crippen molar-refractivity contribution < 1.29 is 0 Å². The van der Waals surface area contributed by atoms with Crippen molar-refractivity contribution in [2.24, 2.45) is 34.4 Å². The standard InChI is InChI=1S/C17H32N2/c1-4-5-12(2)15(19-18)17-9-13-6-14(10-17)8-16(3,7-13)11-17/h12-15,19H,4-11,18H2,1-3H3. The summed E-state index contributed by atoms with van der Waals surface area (Å²) in [6, 6.07) is 0.540. The van der Waals surface area contributed by atoms with Crippen LogP contribution < -0.4 is 11.3 Å². The molecule has 4 aliphatic rings. The molecule has 2 nitrogen and oxygen atoms in total. The van der Waals surface area contributed by atoms with E-state index in [1.54, 1.807) is 0 Å².